The van der Waals surface area contributed by atoms with Crippen molar-refractivity contribution in [3.05, 3.63) is 46.8 Å². The Morgan fingerprint density at radius 3 is 2.47 bits per heavy atom. The van der Waals surface area contributed by atoms with E-state index in [0.29, 0.717) is 0 Å². The first kappa shape index (κ1) is 10.2. The van der Waals surface area contributed by atoms with Crippen molar-refractivity contribution in [3.8, 4) is 0 Å². The zero-order valence-electron chi connectivity index (χ0n) is 9.09. The van der Waals surface area contributed by atoms with E-state index in [-0.39, 0.29) is 5.66 Å². The smallest absolute Gasteiger partial charge is 0.286 e. The minimum atomic E-state index is -0.245. The molecule has 0 radical (unpaired) electrons. The SMILES string of the molecule is [C-]#[N+]C1(NCc2ccc(C)cc2)CCC1. The molecule has 0 amide bonds. The summed E-state index contributed by atoms with van der Waals surface area (Å²) in [5, 5.41) is 3.36. The Balaban J connectivity index is 1.93. The molecule has 0 atom stereocenters. The largest absolute Gasteiger partial charge is 0.293 e. The number of nitrogens with zero attached hydrogens (tertiary/aromatic N) is 1. The van der Waals surface area contributed by atoms with Crippen LogP contribution in [0, 0.1) is 13.5 Å². The third-order valence-electron chi connectivity index (χ3n) is 3.14. The highest BCUT2D eigenvalue weighted by atomic mass is 15.1. The molecule has 15 heavy (non-hydrogen) atoms. The summed E-state index contributed by atoms with van der Waals surface area (Å²) < 4.78 is 0. The number of aryl methyl sites for hydroxylation is 1. The van der Waals surface area contributed by atoms with E-state index in [2.05, 4.69) is 41.4 Å². The van der Waals surface area contributed by atoms with Crippen molar-refractivity contribution in [2.75, 3.05) is 0 Å². The van der Waals surface area contributed by atoms with Crippen molar-refractivity contribution in [1.29, 1.82) is 0 Å². The molecule has 0 saturated heterocycles. The van der Waals surface area contributed by atoms with Crippen LogP contribution in [-0.4, -0.2) is 5.66 Å². The molecule has 0 aliphatic heterocycles. The number of benzene rings is 1. The molecule has 1 aromatic carbocycles. The Bertz CT molecular complexity index is 369. The summed E-state index contributed by atoms with van der Waals surface area (Å²) in [5.41, 5.74) is 2.29. The summed E-state index contributed by atoms with van der Waals surface area (Å²) in [5.74, 6) is 0. The van der Waals surface area contributed by atoms with Crippen LogP contribution in [0.5, 0.6) is 0 Å². The Hall–Kier alpha value is -1.33. The van der Waals surface area contributed by atoms with Gasteiger partial charge in [-0.05, 0) is 18.9 Å². The Morgan fingerprint density at radius 1 is 1.33 bits per heavy atom. The molecule has 1 saturated carbocycles. The number of hydrogen-bond donors (Lipinski definition) is 1. The predicted molar refractivity (Wildman–Crippen MR) is 61.2 cm³/mol. The highest BCUT2D eigenvalue weighted by Crippen LogP contribution is 2.33. The van der Waals surface area contributed by atoms with E-state index >= 15 is 0 Å². The first-order valence-electron chi connectivity index (χ1n) is 5.43. The van der Waals surface area contributed by atoms with Crippen molar-refractivity contribution in [2.45, 2.75) is 38.4 Å². The van der Waals surface area contributed by atoms with Gasteiger partial charge in [-0.2, -0.15) is 0 Å². The Morgan fingerprint density at radius 2 is 2.00 bits per heavy atom. The second kappa shape index (κ2) is 4.04. The van der Waals surface area contributed by atoms with E-state index in [1.807, 2.05) is 0 Å². The van der Waals surface area contributed by atoms with Crippen LogP contribution < -0.4 is 5.32 Å². The fourth-order valence-electron chi connectivity index (χ4n) is 1.81. The lowest BCUT2D eigenvalue weighted by atomic mass is 9.85. The van der Waals surface area contributed by atoms with Crippen LogP contribution >= 0.6 is 0 Å². The van der Waals surface area contributed by atoms with Crippen molar-refractivity contribution in [2.24, 2.45) is 0 Å². The normalized spacial score (nSPS) is 17.9. The lowest BCUT2D eigenvalue weighted by Crippen LogP contribution is -2.47. The molecule has 0 spiro atoms. The molecule has 2 heteroatoms. The molecule has 1 N–H and O–H groups in total. The van der Waals surface area contributed by atoms with E-state index in [4.69, 9.17) is 6.57 Å². The van der Waals surface area contributed by atoms with Crippen LogP contribution in [0.25, 0.3) is 4.85 Å². The fourth-order valence-corrected chi connectivity index (χ4v) is 1.81. The summed E-state index contributed by atoms with van der Waals surface area (Å²) in [6.07, 6.45) is 3.19. The standard InChI is InChI=1S/C13H16N2/c1-11-4-6-12(7-5-11)10-15-13(14-2)8-3-9-13/h4-7,15H,3,8-10H2,1H3. The second-order valence-electron chi connectivity index (χ2n) is 4.34. The van der Waals surface area contributed by atoms with Gasteiger partial charge in [0.1, 0.15) is 0 Å². The van der Waals surface area contributed by atoms with Crippen LogP contribution in [0.4, 0.5) is 0 Å². The number of rotatable bonds is 3. The monoisotopic (exact) mass is 200 g/mol. The minimum Gasteiger partial charge on any atom is -0.293 e. The van der Waals surface area contributed by atoms with Crippen LogP contribution in [-0.2, 0) is 6.54 Å². The Kier molecular flexibility index (Phi) is 2.75. The number of hydrogen-bond acceptors (Lipinski definition) is 1. The molecule has 1 aliphatic rings. The average molecular weight is 200 g/mol. The van der Waals surface area contributed by atoms with Gasteiger partial charge in [0, 0.05) is 19.4 Å². The van der Waals surface area contributed by atoms with Gasteiger partial charge in [0.2, 0.25) is 0 Å². The van der Waals surface area contributed by atoms with Gasteiger partial charge in [-0.3, -0.25) is 4.85 Å². The molecule has 1 aromatic rings. The summed E-state index contributed by atoms with van der Waals surface area (Å²) in [6.45, 7) is 10.1. The third-order valence-corrected chi connectivity index (χ3v) is 3.14. The van der Waals surface area contributed by atoms with Crippen LogP contribution in [0.3, 0.4) is 0 Å². The lowest BCUT2D eigenvalue weighted by molar-refractivity contribution is 0.240. The molecule has 0 bridgehead atoms. The Labute approximate surface area is 91.1 Å². The van der Waals surface area contributed by atoms with Crippen LogP contribution in [0.15, 0.2) is 24.3 Å². The summed E-state index contributed by atoms with van der Waals surface area (Å²) in [7, 11) is 0. The molecular formula is C13H16N2. The highest BCUT2D eigenvalue weighted by molar-refractivity contribution is 5.21. The van der Waals surface area contributed by atoms with E-state index in [9.17, 15) is 0 Å². The van der Waals surface area contributed by atoms with Gasteiger partial charge < -0.3 is 0 Å². The van der Waals surface area contributed by atoms with E-state index in [1.54, 1.807) is 0 Å². The van der Waals surface area contributed by atoms with Gasteiger partial charge in [0.25, 0.3) is 5.66 Å². The maximum atomic E-state index is 7.17. The highest BCUT2D eigenvalue weighted by Gasteiger charge is 2.43. The molecule has 2 nitrogen and oxygen atoms in total. The van der Waals surface area contributed by atoms with Gasteiger partial charge >= 0.3 is 0 Å². The number of nitrogens with one attached hydrogen (secondary N) is 1. The molecular weight excluding hydrogens is 184 g/mol. The van der Waals surface area contributed by atoms with Crippen LogP contribution in [0.1, 0.15) is 30.4 Å². The van der Waals surface area contributed by atoms with E-state index in [1.165, 1.54) is 17.5 Å². The van der Waals surface area contributed by atoms with Gasteiger partial charge in [-0.15, -0.1) is 0 Å². The third kappa shape index (κ3) is 2.19. The summed E-state index contributed by atoms with van der Waals surface area (Å²) >= 11 is 0. The van der Waals surface area contributed by atoms with E-state index in [0.717, 1.165) is 19.4 Å². The topological polar surface area (TPSA) is 16.4 Å². The lowest BCUT2D eigenvalue weighted by Gasteiger charge is -2.30. The summed E-state index contributed by atoms with van der Waals surface area (Å²) in [6, 6.07) is 8.47. The maximum Gasteiger partial charge on any atom is 0.286 e. The molecule has 0 unspecified atom stereocenters. The zero-order valence-corrected chi connectivity index (χ0v) is 9.09. The fraction of sp³-hybridized carbons (Fsp3) is 0.462. The van der Waals surface area contributed by atoms with Gasteiger partial charge in [0.05, 0.1) is 0 Å². The molecule has 1 fully saturated rings. The van der Waals surface area contributed by atoms with Crippen molar-refractivity contribution < 1.29 is 0 Å². The molecule has 0 heterocycles. The maximum absolute atomic E-state index is 7.17. The quantitative estimate of drug-likeness (QED) is 0.742. The van der Waals surface area contributed by atoms with Crippen molar-refractivity contribution in [1.82, 2.24) is 5.32 Å². The summed E-state index contributed by atoms with van der Waals surface area (Å²) in [4.78, 5) is 3.70. The van der Waals surface area contributed by atoms with Gasteiger partial charge in [0.15, 0.2) is 0 Å². The van der Waals surface area contributed by atoms with Crippen LogP contribution in [0.2, 0.25) is 0 Å². The van der Waals surface area contributed by atoms with Crippen molar-refractivity contribution >= 4 is 0 Å². The molecule has 2 rings (SSSR count). The zero-order chi connectivity index (χ0) is 10.7. The molecule has 0 aromatic heterocycles. The predicted octanol–water partition coefficient (Wildman–Crippen LogP) is 2.88. The first-order valence-corrected chi connectivity index (χ1v) is 5.43. The average Bonchev–Trinajstić information content (AvgIpc) is 2.20. The van der Waals surface area contributed by atoms with E-state index < -0.39 is 0 Å². The second-order valence-corrected chi connectivity index (χ2v) is 4.34. The van der Waals surface area contributed by atoms with Gasteiger partial charge in [-0.1, -0.05) is 29.8 Å². The first-order chi connectivity index (χ1) is 7.24. The van der Waals surface area contributed by atoms with Crippen molar-refractivity contribution in [3.63, 3.8) is 0 Å². The molecule has 1 aliphatic carbocycles. The minimum absolute atomic E-state index is 0.245. The molecule has 78 valence electrons. The van der Waals surface area contributed by atoms with Gasteiger partial charge in [-0.25, -0.2) is 11.9 Å².